The fourth-order valence-corrected chi connectivity index (χ4v) is 0.560. The van der Waals surface area contributed by atoms with Gasteiger partial charge in [-0.25, -0.2) is 0 Å². The lowest BCUT2D eigenvalue weighted by atomic mass is 11.0. The largest absolute Gasteiger partial charge is 0.412 e. The molecule has 0 spiro atoms. The lowest BCUT2D eigenvalue weighted by Crippen LogP contribution is -2.00. The monoisotopic (exact) mass is 155 g/mol. The minimum Gasteiger partial charge on any atom is -0.412 e. The Morgan fingerprint density at radius 1 is 1.27 bits per heavy atom. The standard InChI is InChI=1S/C3H3N7.H2O/c1-2-5-10(4-1)3-6-8-9-7-3;/h1-2H,(H,6,7,8,9);1H2. The van der Waals surface area contributed by atoms with Gasteiger partial charge < -0.3 is 5.48 Å². The normalized spacial score (nSPS) is 9.09. The third kappa shape index (κ3) is 1.19. The van der Waals surface area contributed by atoms with E-state index in [2.05, 4.69) is 30.8 Å². The van der Waals surface area contributed by atoms with E-state index in [1.807, 2.05) is 0 Å². The van der Waals surface area contributed by atoms with E-state index in [-0.39, 0.29) is 5.48 Å². The predicted molar refractivity (Wildman–Crippen MR) is 32.7 cm³/mol. The average molecular weight is 155 g/mol. The molecule has 3 N–H and O–H groups in total. The van der Waals surface area contributed by atoms with Gasteiger partial charge in [-0.1, -0.05) is 5.10 Å². The zero-order chi connectivity index (χ0) is 6.81. The summed E-state index contributed by atoms with van der Waals surface area (Å²) in [5.74, 6) is 0.338. The van der Waals surface area contributed by atoms with Crippen molar-refractivity contribution >= 4 is 0 Å². The van der Waals surface area contributed by atoms with Crippen LogP contribution in [0.25, 0.3) is 5.95 Å². The first-order valence-electron chi connectivity index (χ1n) is 2.57. The van der Waals surface area contributed by atoms with E-state index >= 15 is 0 Å². The Kier molecular flexibility index (Phi) is 1.88. The van der Waals surface area contributed by atoms with E-state index in [0.29, 0.717) is 5.95 Å². The molecule has 0 unspecified atom stereocenters. The molecule has 2 rings (SSSR count). The molecule has 0 radical (unpaired) electrons. The van der Waals surface area contributed by atoms with Gasteiger partial charge in [0, 0.05) is 0 Å². The maximum atomic E-state index is 3.78. The van der Waals surface area contributed by atoms with Crippen molar-refractivity contribution in [2.75, 3.05) is 0 Å². The summed E-state index contributed by atoms with van der Waals surface area (Å²) in [6.07, 6.45) is 3.08. The summed E-state index contributed by atoms with van der Waals surface area (Å²) in [4.78, 5) is 1.27. The molecule has 2 heterocycles. The number of nitrogens with zero attached hydrogens (tertiary/aromatic N) is 6. The number of nitrogens with one attached hydrogen (secondary N) is 1. The second kappa shape index (κ2) is 2.84. The van der Waals surface area contributed by atoms with Gasteiger partial charge in [-0.2, -0.15) is 15.4 Å². The van der Waals surface area contributed by atoms with E-state index in [1.165, 1.54) is 17.2 Å². The van der Waals surface area contributed by atoms with Crippen LogP contribution in [-0.2, 0) is 0 Å². The molecule has 0 aliphatic heterocycles. The Morgan fingerprint density at radius 2 is 2.00 bits per heavy atom. The third-order valence-corrected chi connectivity index (χ3v) is 0.932. The molecule has 0 saturated heterocycles. The Labute approximate surface area is 60.5 Å². The van der Waals surface area contributed by atoms with E-state index in [1.54, 1.807) is 0 Å². The second-order valence-corrected chi connectivity index (χ2v) is 1.53. The molecule has 0 amide bonds. The Hall–Kier alpha value is -1.83. The SMILES string of the molecule is O.c1cnn(-c2nn[nH]n2)n1. The highest BCUT2D eigenvalue weighted by Gasteiger charge is 1.99. The van der Waals surface area contributed by atoms with Crippen LogP contribution in [-0.4, -0.2) is 41.1 Å². The molecule has 0 aliphatic rings. The summed E-state index contributed by atoms with van der Waals surface area (Å²) in [5.41, 5.74) is 0. The van der Waals surface area contributed by atoms with Gasteiger partial charge in [-0.3, -0.25) is 0 Å². The third-order valence-electron chi connectivity index (χ3n) is 0.932. The van der Waals surface area contributed by atoms with E-state index in [4.69, 9.17) is 0 Å². The molecule has 0 saturated carbocycles. The highest BCUT2D eigenvalue weighted by Crippen LogP contribution is 1.86. The number of aromatic amines is 1. The van der Waals surface area contributed by atoms with Crippen molar-refractivity contribution in [3.8, 4) is 5.95 Å². The van der Waals surface area contributed by atoms with Gasteiger partial charge in [0.2, 0.25) is 0 Å². The molecule has 58 valence electrons. The summed E-state index contributed by atoms with van der Waals surface area (Å²) in [6.45, 7) is 0. The summed E-state index contributed by atoms with van der Waals surface area (Å²) in [6, 6.07) is 0. The molecule has 0 fully saturated rings. The van der Waals surface area contributed by atoms with Crippen LogP contribution >= 0.6 is 0 Å². The van der Waals surface area contributed by atoms with Gasteiger partial charge in [0.25, 0.3) is 0 Å². The number of H-pyrrole nitrogens is 1. The lowest BCUT2D eigenvalue weighted by molar-refractivity contribution is 0.705. The van der Waals surface area contributed by atoms with E-state index in [9.17, 15) is 0 Å². The smallest absolute Gasteiger partial charge is 0.307 e. The number of hydrogen-bond acceptors (Lipinski definition) is 5. The van der Waals surface area contributed by atoms with Crippen molar-refractivity contribution < 1.29 is 5.48 Å². The first kappa shape index (κ1) is 7.28. The van der Waals surface area contributed by atoms with Crippen LogP contribution in [0.5, 0.6) is 0 Å². The van der Waals surface area contributed by atoms with Gasteiger partial charge in [0.05, 0.1) is 12.4 Å². The second-order valence-electron chi connectivity index (χ2n) is 1.53. The summed E-state index contributed by atoms with van der Waals surface area (Å²) in [5, 5.41) is 20.5. The zero-order valence-electron chi connectivity index (χ0n) is 5.34. The fourth-order valence-electron chi connectivity index (χ4n) is 0.560. The number of hydrogen-bond donors (Lipinski definition) is 1. The van der Waals surface area contributed by atoms with Crippen LogP contribution in [0.2, 0.25) is 0 Å². The van der Waals surface area contributed by atoms with Gasteiger partial charge in [-0.15, -0.1) is 9.90 Å². The first-order chi connectivity index (χ1) is 4.97. The molecular formula is C3H5N7O. The van der Waals surface area contributed by atoms with Crippen LogP contribution in [0.1, 0.15) is 0 Å². The maximum absolute atomic E-state index is 3.78. The molecule has 0 bridgehead atoms. The highest BCUT2D eigenvalue weighted by molar-refractivity contribution is 4.95. The molecule has 8 nitrogen and oxygen atoms in total. The quantitative estimate of drug-likeness (QED) is 0.508. The summed E-state index contributed by atoms with van der Waals surface area (Å²) in [7, 11) is 0. The van der Waals surface area contributed by atoms with Gasteiger partial charge in [0.1, 0.15) is 0 Å². The molecule has 0 atom stereocenters. The van der Waals surface area contributed by atoms with Gasteiger partial charge in [0.15, 0.2) is 0 Å². The summed E-state index contributed by atoms with van der Waals surface area (Å²) >= 11 is 0. The van der Waals surface area contributed by atoms with Crippen molar-refractivity contribution in [3.63, 3.8) is 0 Å². The highest BCUT2D eigenvalue weighted by atomic mass is 16.0. The maximum Gasteiger partial charge on any atom is 0.307 e. The zero-order valence-corrected chi connectivity index (χ0v) is 5.34. The van der Waals surface area contributed by atoms with Crippen molar-refractivity contribution in [3.05, 3.63) is 12.4 Å². The molecular weight excluding hydrogens is 150 g/mol. The predicted octanol–water partition coefficient (Wildman–Crippen LogP) is -2.04. The fraction of sp³-hybridized carbons (Fsp3) is 0. The Morgan fingerprint density at radius 3 is 2.55 bits per heavy atom. The molecule has 11 heavy (non-hydrogen) atoms. The first-order valence-corrected chi connectivity index (χ1v) is 2.57. The van der Waals surface area contributed by atoms with Gasteiger partial charge >= 0.3 is 5.95 Å². The topological polar surface area (TPSA) is 117 Å². The van der Waals surface area contributed by atoms with Crippen molar-refractivity contribution in [2.45, 2.75) is 0 Å². The van der Waals surface area contributed by atoms with Gasteiger partial charge in [-0.05, 0) is 5.21 Å². The molecule has 8 heteroatoms. The summed E-state index contributed by atoms with van der Waals surface area (Å²) < 4.78 is 0. The minimum atomic E-state index is 0. The number of aromatic nitrogens is 7. The van der Waals surface area contributed by atoms with Crippen LogP contribution in [0.15, 0.2) is 12.4 Å². The molecule has 2 aromatic rings. The van der Waals surface area contributed by atoms with Crippen LogP contribution in [0, 0.1) is 0 Å². The van der Waals surface area contributed by atoms with E-state index < -0.39 is 0 Å². The van der Waals surface area contributed by atoms with Crippen molar-refractivity contribution in [2.24, 2.45) is 0 Å². The van der Waals surface area contributed by atoms with Crippen LogP contribution in [0.4, 0.5) is 0 Å². The lowest BCUT2D eigenvalue weighted by Gasteiger charge is -1.84. The Bertz CT molecular complexity index is 253. The minimum absolute atomic E-state index is 0. The van der Waals surface area contributed by atoms with Crippen LogP contribution in [0.3, 0.4) is 0 Å². The number of rotatable bonds is 1. The van der Waals surface area contributed by atoms with E-state index in [0.717, 1.165) is 0 Å². The average Bonchev–Trinajstić information content (AvgIpc) is 2.59. The van der Waals surface area contributed by atoms with Crippen molar-refractivity contribution in [1.29, 1.82) is 0 Å². The van der Waals surface area contributed by atoms with Crippen LogP contribution < -0.4 is 0 Å². The Balaban J connectivity index is 0.000000605. The number of tetrazole rings is 1. The molecule has 0 aromatic carbocycles. The molecule has 0 aliphatic carbocycles. The van der Waals surface area contributed by atoms with Crippen molar-refractivity contribution in [1.82, 2.24) is 35.6 Å². The molecule has 2 aromatic heterocycles.